The lowest BCUT2D eigenvalue weighted by molar-refractivity contribution is -0.141. The maximum Gasteiger partial charge on any atom is 0.306 e. The minimum atomic E-state index is -0.744. The zero-order chi connectivity index (χ0) is 28.0. The van der Waals surface area contributed by atoms with E-state index in [1.807, 2.05) is 24.3 Å². The lowest BCUT2D eigenvalue weighted by atomic mass is 10.0. The van der Waals surface area contributed by atoms with Crippen molar-refractivity contribution in [3.8, 4) is 17.1 Å². The van der Waals surface area contributed by atoms with E-state index >= 15 is 0 Å². The van der Waals surface area contributed by atoms with Gasteiger partial charge in [-0.15, -0.1) is 10.2 Å². The van der Waals surface area contributed by atoms with Crippen LogP contribution in [0.1, 0.15) is 116 Å². The molecular formula is C30H49N5O4. The van der Waals surface area contributed by atoms with Gasteiger partial charge < -0.3 is 15.2 Å². The summed E-state index contributed by atoms with van der Waals surface area (Å²) in [6, 6.07) is 7.79. The number of carbonyl (C=O) groups excluding carboxylic acids is 1. The molecule has 39 heavy (non-hydrogen) atoms. The molecule has 0 saturated carbocycles. The summed E-state index contributed by atoms with van der Waals surface area (Å²) in [4.78, 5) is 22.6. The number of unbranched alkanes of at least 4 members (excludes halogenated alkanes) is 13. The van der Waals surface area contributed by atoms with E-state index in [9.17, 15) is 9.59 Å². The number of hydrogen-bond donors (Lipinski definition) is 3. The van der Waals surface area contributed by atoms with E-state index in [-0.39, 0.29) is 11.8 Å². The molecule has 2 aromatic rings. The third-order valence-corrected chi connectivity index (χ3v) is 7.08. The van der Waals surface area contributed by atoms with Crippen LogP contribution in [0.5, 0.6) is 5.75 Å². The predicted molar refractivity (Wildman–Crippen MR) is 153 cm³/mol. The summed E-state index contributed by atoms with van der Waals surface area (Å²) in [5.74, 6) is 0.546. The number of hydrogen-bond acceptors (Lipinski definition) is 6. The summed E-state index contributed by atoms with van der Waals surface area (Å²) in [5.41, 5.74) is 0.920. The summed E-state index contributed by atoms with van der Waals surface area (Å²) in [6.45, 7) is 3.13. The Balaban J connectivity index is 1.27. The molecule has 1 heterocycles. The molecular weight excluding hydrogens is 494 g/mol. The molecule has 0 radical (unpaired) electrons. The lowest BCUT2D eigenvalue weighted by Gasteiger charge is -2.07. The maximum atomic E-state index is 11.9. The van der Waals surface area contributed by atoms with E-state index in [1.54, 1.807) is 6.92 Å². The molecule has 3 N–H and O–H groups in total. The Morgan fingerprint density at radius 2 is 1.44 bits per heavy atom. The number of carbonyl (C=O) groups is 2. The number of carboxylic acids is 1. The molecule has 0 aliphatic rings. The number of benzene rings is 1. The summed E-state index contributed by atoms with van der Waals surface area (Å²) >= 11 is 0. The zero-order valence-corrected chi connectivity index (χ0v) is 23.8. The molecule has 0 spiro atoms. The molecule has 2 rings (SSSR count). The lowest BCUT2D eigenvalue weighted by Crippen LogP contribution is -2.24. The van der Waals surface area contributed by atoms with Crippen molar-refractivity contribution in [1.29, 1.82) is 0 Å². The van der Waals surface area contributed by atoms with Crippen molar-refractivity contribution in [2.75, 3.05) is 13.2 Å². The highest BCUT2D eigenvalue weighted by Gasteiger charge is 2.09. The van der Waals surface area contributed by atoms with Crippen molar-refractivity contribution < 1.29 is 19.4 Å². The van der Waals surface area contributed by atoms with Crippen LogP contribution in [0.2, 0.25) is 0 Å². The molecule has 0 saturated heterocycles. The normalized spacial score (nSPS) is 11.8. The molecule has 1 amide bonds. The van der Waals surface area contributed by atoms with Gasteiger partial charge in [0.05, 0.1) is 12.5 Å². The van der Waals surface area contributed by atoms with Crippen LogP contribution < -0.4 is 10.1 Å². The zero-order valence-electron chi connectivity index (χ0n) is 23.8. The Kier molecular flexibility index (Phi) is 17.3. The fraction of sp³-hybridized carbons (Fsp3) is 0.700. The van der Waals surface area contributed by atoms with E-state index < -0.39 is 5.97 Å². The van der Waals surface area contributed by atoms with Crippen molar-refractivity contribution in [3.63, 3.8) is 0 Å². The van der Waals surface area contributed by atoms with Crippen molar-refractivity contribution in [2.45, 2.75) is 116 Å². The molecule has 1 aromatic carbocycles. The van der Waals surface area contributed by atoms with Crippen LogP contribution in [0, 0.1) is 5.92 Å². The highest BCUT2D eigenvalue weighted by molar-refractivity contribution is 5.75. The molecule has 0 fully saturated rings. The highest BCUT2D eigenvalue weighted by atomic mass is 16.5. The Hall–Kier alpha value is -2.97. The van der Waals surface area contributed by atoms with Crippen molar-refractivity contribution in [2.24, 2.45) is 5.92 Å². The minimum Gasteiger partial charge on any atom is -0.494 e. The third kappa shape index (κ3) is 15.9. The van der Waals surface area contributed by atoms with E-state index in [4.69, 9.17) is 9.84 Å². The standard InChI is InChI=1S/C30H49N5O4/c1-25(30(37)38)17-14-15-23-31-28(36)18-13-11-9-7-5-3-2-4-6-8-10-12-16-24-39-27-21-19-26(20-22-27)29-32-34-35-33-29/h19-22,25H,2-18,23-24H2,1H3,(H,31,36)(H,37,38)(H,32,33,34,35)/t25-/m0/s1. The highest BCUT2D eigenvalue weighted by Crippen LogP contribution is 2.19. The number of aromatic amines is 1. The largest absolute Gasteiger partial charge is 0.494 e. The second kappa shape index (κ2) is 20.9. The van der Waals surface area contributed by atoms with Crippen molar-refractivity contribution in [1.82, 2.24) is 25.9 Å². The monoisotopic (exact) mass is 543 g/mol. The number of amides is 1. The number of H-pyrrole nitrogens is 1. The predicted octanol–water partition coefficient (Wildman–Crippen LogP) is 6.71. The third-order valence-electron chi connectivity index (χ3n) is 7.08. The van der Waals surface area contributed by atoms with Gasteiger partial charge in [0, 0.05) is 18.5 Å². The van der Waals surface area contributed by atoms with Gasteiger partial charge in [0.25, 0.3) is 0 Å². The quantitative estimate of drug-likeness (QED) is 0.125. The average molecular weight is 544 g/mol. The van der Waals surface area contributed by atoms with E-state index in [0.29, 0.717) is 25.2 Å². The second-order valence-electron chi connectivity index (χ2n) is 10.5. The van der Waals surface area contributed by atoms with Gasteiger partial charge in [0.2, 0.25) is 11.7 Å². The molecule has 9 heteroatoms. The first-order valence-electron chi connectivity index (χ1n) is 15.0. The van der Waals surface area contributed by atoms with Gasteiger partial charge >= 0.3 is 5.97 Å². The van der Waals surface area contributed by atoms with Crippen LogP contribution in [0.25, 0.3) is 11.4 Å². The van der Waals surface area contributed by atoms with Gasteiger partial charge in [0.15, 0.2) is 0 Å². The number of aromatic nitrogens is 4. The number of rotatable bonds is 24. The molecule has 0 aliphatic carbocycles. The Bertz CT molecular complexity index is 889. The summed E-state index contributed by atoms with van der Waals surface area (Å²) in [5, 5.41) is 25.8. The Labute approximate surface area is 233 Å². The van der Waals surface area contributed by atoms with Gasteiger partial charge in [0.1, 0.15) is 5.75 Å². The molecule has 9 nitrogen and oxygen atoms in total. The van der Waals surface area contributed by atoms with E-state index in [2.05, 4.69) is 25.9 Å². The number of tetrazole rings is 1. The van der Waals surface area contributed by atoms with Crippen LogP contribution in [-0.2, 0) is 9.59 Å². The van der Waals surface area contributed by atoms with Crippen LogP contribution in [0.15, 0.2) is 24.3 Å². The topological polar surface area (TPSA) is 130 Å². The first-order chi connectivity index (χ1) is 19.1. The SMILES string of the molecule is C[C@@H](CCCCNC(=O)CCCCCCCCCCCCCCCOc1ccc(-c2nn[nH]n2)cc1)C(=O)O. The Morgan fingerprint density at radius 3 is 2.00 bits per heavy atom. The fourth-order valence-corrected chi connectivity index (χ4v) is 4.52. The molecule has 1 atom stereocenters. The summed E-state index contributed by atoms with van der Waals surface area (Å²) in [7, 11) is 0. The number of ether oxygens (including phenoxy) is 1. The average Bonchev–Trinajstić information content (AvgIpc) is 3.48. The second-order valence-corrected chi connectivity index (χ2v) is 10.5. The summed E-state index contributed by atoms with van der Waals surface area (Å²) < 4.78 is 5.83. The molecule has 0 bridgehead atoms. The molecule has 0 unspecified atom stereocenters. The number of nitrogens with zero attached hydrogens (tertiary/aromatic N) is 3. The molecule has 1 aromatic heterocycles. The maximum absolute atomic E-state index is 11.9. The van der Waals surface area contributed by atoms with Crippen LogP contribution in [0.4, 0.5) is 0 Å². The first-order valence-corrected chi connectivity index (χ1v) is 15.0. The van der Waals surface area contributed by atoms with E-state index in [1.165, 1.54) is 64.2 Å². The van der Waals surface area contributed by atoms with Crippen LogP contribution >= 0.6 is 0 Å². The van der Waals surface area contributed by atoms with Gasteiger partial charge in [-0.25, -0.2) is 0 Å². The van der Waals surface area contributed by atoms with Crippen LogP contribution in [-0.4, -0.2) is 50.8 Å². The molecule has 218 valence electrons. The number of aliphatic carboxylic acids is 1. The van der Waals surface area contributed by atoms with Gasteiger partial charge in [-0.05, 0) is 55.2 Å². The van der Waals surface area contributed by atoms with E-state index in [0.717, 1.165) is 50.0 Å². The van der Waals surface area contributed by atoms with Crippen molar-refractivity contribution >= 4 is 11.9 Å². The minimum absolute atomic E-state index is 0.126. The fourth-order valence-electron chi connectivity index (χ4n) is 4.52. The first kappa shape index (κ1) is 32.2. The summed E-state index contributed by atoms with van der Waals surface area (Å²) in [6.07, 6.45) is 19.0. The van der Waals surface area contributed by atoms with Gasteiger partial charge in [-0.3, -0.25) is 9.59 Å². The van der Waals surface area contributed by atoms with Crippen LogP contribution in [0.3, 0.4) is 0 Å². The molecule has 0 aliphatic heterocycles. The Morgan fingerprint density at radius 1 is 0.846 bits per heavy atom. The smallest absolute Gasteiger partial charge is 0.306 e. The van der Waals surface area contributed by atoms with Gasteiger partial charge in [-0.1, -0.05) is 84.0 Å². The van der Waals surface area contributed by atoms with Gasteiger partial charge in [-0.2, -0.15) is 5.21 Å². The number of carboxylic acid groups (broad SMARTS) is 1. The number of nitrogens with one attached hydrogen (secondary N) is 2. The van der Waals surface area contributed by atoms with Crippen molar-refractivity contribution in [3.05, 3.63) is 24.3 Å².